The summed E-state index contributed by atoms with van der Waals surface area (Å²) in [6.07, 6.45) is -0.163. The molecule has 0 spiro atoms. The van der Waals surface area contributed by atoms with Crippen molar-refractivity contribution < 1.29 is 21.6 Å². The highest BCUT2D eigenvalue weighted by Gasteiger charge is 2.33. The summed E-state index contributed by atoms with van der Waals surface area (Å²) in [5.41, 5.74) is 1.69. The first-order valence-electron chi connectivity index (χ1n) is 9.78. The van der Waals surface area contributed by atoms with Crippen LogP contribution < -0.4 is 9.62 Å². The van der Waals surface area contributed by atoms with Gasteiger partial charge < -0.3 is 4.90 Å². The van der Waals surface area contributed by atoms with Crippen LogP contribution in [0.2, 0.25) is 0 Å². The molecule has 0 radical (unpaired) electrons. The number of benzene rings is 2. The van der Waals surface area contributed by atoms with E-state index >= 15 is 0 Å². The van der Waals surface area contributed by atoms with E-state index < -0.39 is 21.8 Å². The fraction of sp³-hybridized carbons (Fsp3) is 0.429. The molecule has 4 nitrogen and oxygen atoms in total. The molecule has 0 bridgehead atoms. The van der Waals surface area contributed by atoms with Gasteiger partial charge in [-0.3, -0.25) is 0 Å². The molecule has 0 saturated heterocycles. The van der Waals surface area contributed by atoms with Crippen LogP contribution in [-0.2, 0) is 22.6 Å². The fourth-order valence-electron chi connectivity index (χ4n) is 4.41. The molecule has 1 aliphatic carbocycles. The van der Waals surface area contributed by atoms with Crippen LogP contribution in [0.4, 0.5) is 18.9 Å². The molecule has 2 atom stereocenters. The molecule has 1 saturated carbocycles. The standard InChI is InChI=1S/C21H23F3N2O2S/c22-21(23,24)16-8-10-19(11-9-16)29(27,28)25-17-5-3-6-18(14-17)26-13-12-15-4-1-2-7-20(15)26/h1-2,4,7-11,17-18,25H,3,5-6,12-14H2. The highest BCUT2D eigenvalue weighted by Crippen LogP contribution is 2.35. The van der Waals surface area contributed by atoms with Gasteiger partial charge in [-0.1, -0.05) is 18.2 Å². The van der Waals surface area contributed by atoms with E-state index in [0.717, 1.165) is 56.5 Å². The molecule has 0 amide bonds. The number of sulfonamides is 1. The maximum absolute atomic E-state index is 12.7. The van der Waals surface area contributed by atoms with Gasteiger partial charge in [-0.25, -0.2) is 13.1 Å². The molecule has 1 aliphatic heterocycles. The average Bonchev–Trinajstić information content (AvgIpc) is 3.11. The molecule has 1 N–H and O–H groups in total. The predicted octanol–water partition coefficient (Wildman–Crippen LogP) is 4.36. The van der Waals surface area contributed by atoms with Crippen LogP contribution in [0.25, 0.3) is 0 Å². The summed E-state index contributed by atoms with van der Waals surface area (Å²) in [5, 5.41) is 0. The first-order valence-corrected chi connectivity index (χ1v) is 11.3. The van der Waals surface area contributed by atoms with Crippen LogP contribution in [0.15, 0.2) is 53.4 Å². The number of hydrogen-bond acceptors (Lipinski definition) is 3. The summed E-state index contributed by atoms with van der Waals surface area (Å²) in [5.74, 6) is 0. The van der Waals surface area contributed by atoms with Gasteiger partial charge >= 0.3 is 6.18 Å². The zero-order valence-corrected chi connectivity index (χ0v) is 16.6. The topological polar surface area (TPSA) is 49.4 Å². The third kappa shape index (κ3) is 4.28. The molecule has 29 heavy (non-hydrogen) atoms. The van der Waals surface area contributed by atoms with E-state index in [0.29, 0.717) is 6.42 Å². The van der Waals surface area contributed by atoms with E-state index in [-0.39, 0.29) is 17.0 Å². The average molecular weight is 424 g/mol. The van der Waals surface area contributed by atoms with Crippen molar-refractivity contribution in [2.24, 2.45) is 0 Å². The third-order valence-electron chi connectivity index (χ3n) is 5.82. The van der Waals surface area contributed by atoms with Crippen molar-refractivity contribution in [3.05, 3.63) is 59.7 Å². The van der Waals surface area contributed by atoms with E-state index in [1.54, 1.807) is 0 Å². The lowest BCUT2D eigenvalue weighted by Crippen LogP contribution is -2.45. The molecule has 2 aromatic rings. The van der Waals surface area contributed by atoms with Gasteiger partial charge in [-0.15, -0.1) is 0 Å². The van der Waals surface area contributed by atoms with Crippen molar-refractivity contribution in [1.82, 2.24) is 4.72 Å². The Hall–Kier alpha value is -2.06. The Morgan fingerprint density at radius 3 is 2.45 bits per heavy atom. The fourth-order valence-corrected chi connectivity index (χ4v) is 5.69. The lowest BCUT2D eigenvalue weighted by molar-refractivity contribution is -0.137. The van der Waals surface area contributed by atoms with Crippen LogP contribution in [0.5, 0.6) is 0 Å². The lowest BCUT2D eigenvalue weighted by atomic mass is 9.90. The van der Waals surface area contributed by atoms with Gasteiger partial charge in [0.25, 0.3) is 0 Å². The molecule has 8 heteroatoms. The van der Waals surface area contributed by atoms with Gasteiger partial charge in [0.15, 0.2) is 0 Å². The summed E-state index contributed by atoms with van der Waals surface area (Å²) in [6, 6.07) is 12.0. The number of nitrogens with zero attached hydrogens (tertiary/aromatic N) is 1. The zero-order chi connectivity index (χ0) is 20.6. The Morgan fingerprint density at radius 2 is 1.72 bits per heavy atom. The van der Waals surface area contributed by atoms with Gasteiger partial charge in [0.05, 0.1) is 10.5 Å². The summed E-state index contributed by atoms with van der Waals surface area (Å²) >= 11 is 0. The minimum absolute atomic E-state index is 0.140. The van der Waals surface area contributed by atoms with Crippen LogP contribution in [0.1, 0.15) is 36.8 Å². The molecule has 1 fully saturated rings. The maximum atomic E-state index is 12.7. The van der Waals surface area contributed by atoms with Gasteiger partial charge in [-0.05, 0) is 68.0 Å². The van der Waals surface area contributed by atoms with Crippen LogP contribution in [0.3, 0.4) is 0 Å². The van der Waals surface area contributed by atoms with Crippen molar-refractivity contribution >= 4 is 15.7 Å². The maximum Gasteiger partial charge on any atom is 0.416 e. The molecule has 2 aromatic carbocycles. The quantitative estimate of drug-likeness (QED) is 0.794. The highest BCUT2D eigenvalue weighted by atomic mass is 32.2. The zero-order valence-electron chi connectivity index (χ0n) is 15.8. The number of hydrogen-bond donors (Lipinski definition) is 1. The molecular formula is C21H23F3N2O2S. The van der Waals surface area contributed by atoms with Gasteiger partial charge in [0.2, 0.25) is 10.0 Å². The van der Waals surface area contributed by atoms with Crippen molar-refractivity contribution in [2.75, 3.05) is 11.4 Å². The highest BCUT2D eigenvalue weighted by molar-refractivity contribution is 7.89. The molecule has 2 unspecified atom stereocenters. The first-order chi connectivity index (χ1) is 13.7. The molecule has 2 aliphatic rings. The van der Waals surface area contributed by atoms with Crippen LogP contribution in [0, 0.1) is 0 Å². The van der Waals surface area contributed by atoms with Gasteiger partial charge in [0.1, 0.15) is 0 Å². The van der Waals surface area contributed by atoms with Crippen molar-refractivity contribution in [2.45, 2.75) is 55.3 Å². The minimum Gasteiger partial charge on any atom is -0.368 e. The number of nitrogens with one attached hydrogen (secondary N) is 1. The smallest absolute Gasteiger partial charge is 0.368 e. The van der Waals surface area contributed by atoms with Crippen molar-refractivity contribution in [1.29, 1.82) is 0 Å². The Morgan fingerprint density at radius 1 is 1.00 bits per heavy atom. The number of anilines is 1. The molecule has 156 valence electrons. The van der Waals surface area contributed by atoms with E-state index in [2.05, 4.69) is 21.8 Å². The second-order valence-corrected chi connectivity index (χ2v) is 9.45. The predicted molar refractivity (Wildman–Crippen MR) is 105 cm³/mol. The Bertz CT molecular complexity index is 974. The summed E-state index contributed by atoms with van der Waals surface area (Å²) in [7, 11) is -3.87. The second kappa shape index (κ2) is 7.65. The van der Waals surface area contributed by atoms with Crippen molar-refractivity contribution in [3.8, 4) is 0 Å². The second-order valence-electron chi connectivity index (χ2n) is 7.73. The van der Waals surface area contributed by atoms with E-state index in [1.807, 2.05) is 12.1 Å². The van der Waals surface area contributed by atoms with Gasteiger partial charge in [-0.2, -0.15) is 13.2 Å². The summed E-state index contributed by atoms with van der Waals surface area (Å²) in [6.45, 7) is 0.933. The van der Waals surface area contributed by atoms with Gasteiger partial charge in [0, 0.05) is 24.3 Å². The molecule has 1 heterocycles. The first kappa shape index (κ1) is 20.2. The Balaban J connectivity index is 1.45. The van der Waals surface area contributed by atoms with E-state index in [9.17, 15) is 21.6 Å². The van der Waals surface area contributed by atoms with Crippen molar-refractivity contribution in [3.63, 3.8) is 0 Å². The monoisotopic (exact) mass is 424 g/mol. The number of halogens is 3. The number of para-hydroxylation sites is 1. The summed E-state index contributed by atoms with van der Waals surface area (Å²) in [4.78, 5) is 2.23. The van der Waals surface area contributed by atoms with Crippen LogP contribution >= 0.6 is 0 Å². The molecule has 0 aromatic heterocycles. The largest absolute Gasteiger partial charge is 0.416 e. The number of rotatable bonds is 4. The Kier molecular flexibility index (Phi) is 5.33. The van der Waals surface area contributed by atoms with E-state index in [4.69, 9.17) is 0 Å². The lowest BCUT2D eigenvalue weighted by Gasteiger charge is -2.37. The Labute approximate surface area is 168 Å². The van der Waals surface area contributed by atoms with Crippen LogP contribution in [-0.4, -0.2) is 27.0 Å². The molecule has 4 rings (SSSR count). The SMILES string of the molecule is O=S(=O)(NC1CCCC(N2CCc3ccccc32)C1)c1ccc(C(F)(F)F)cc1. The third-order valence-corrected chi connectivity index (χ3v) is 7.36. The molecular weight excluding hydrogens is 401 g/mol. The number of alkyl halides is 3. The minimum atomic E-state index is -4.49. The summed E-state index contributed by atoms with van der Waals surface area (Å²) < 4.78 is 66.2. The normalized spacial score (nSPS) is 22.5. The number of fused-ring (bicyclic) bond motifs is 1. The van der Waals surface area contributed by atoms with E-state index in [1.165, 1.54) is 11.3 Å².